The molecule has 0 saturated carbocycles. The predicted molar refractivity (Wildman–Crippen MR) is 73.8 cm³/mol. The van der Waals surface area contributed by atoms with Crippen LogP contribution in [0.15, 0.2) is 42.5 Å². The molecule has 3 rings (SSSR count). The van der Waals surface area contributed by atoms with Gasteiger partial charge in [-0.15, -0.1) is 0 Å². The first kappa shape index (κ1) is 13.2. The Bertz CT molecular complexity index is 613. The lowest BCUT2D eigenvalue weighted by molar-refractivity contribution is 0.218. The lowest BCUT2D eigenvalue weighted by Crippen LogP contribution is -2.37. The minimum Gasteiger partial charge on any atom is -0.323 e. The number of hydrogen-bond acceptors (Lipinski definition) is 2. The third-order valence-electron chi connectivity index (χ3n) is 3.68. The van der Waals surface area contributed by atoms with Gasteiger partial charge in [0.05, 0.1) is 0 Å². The van der Waals surface area contributed by atoms with Crippen LogP contribution in [0.25, 0.3) is 0 Å². The molecule has 104 valence electrons. The molecule has 0 bridgehead atoms. The van der Waals surface area contributed by atoms with Crippen molar-refractivity contribution in [2.45, 2.75) is 19.1 Å². The molecule has 2 nitrogen and oxygen atoms in total. The van der Waals surface area contributed by atoms with Gasteiger partial charge in [-0.25, -0.2) is 8.78 Å². The van der Waals surface area contributed by atoms with Gasteiger partial charge in [0.25, 0.3) is 0 Å². The quantitative estimate of drug-likeness (QED) is 0.912. The SMILES string of the molecule is NC1CN(Cc2ccccc2)Cc2c(F)cc(F)cc21. The molecule has 1 aliphatic rings. The molecule has 1 aliphatic heterocycles. The van der Waals surface area contributed by atoms with Crippen molar-refractivity contribution in [1.29, 1.82) is 0 Å². The van der Waals surface area contributed by atoms with Crippen molar-refractivity contribution in [3.05, 3.63) is 70.8 Å². The Morgan fingerprint density at radius 1 is 1.15 bits per heavy atom. The van der Waals surface area contributed by atoms with E-state index in [4.69, 9.17) is 5.73 Å². The van der Waals surface area contributed by atoms with Crippen molar-refractivity contribution < 1.29 is 8.78 Å². The molecule has 1 unspecified atom stereocenters. The van der Waals surface area contributed by atoms with Gasteiger partial charge in [-0.1, -0.05) is 30.3 Å². The lowest BCUT2D eigenvalue weighted by Gasteiger charge is -2.33. The summed E-state index contributed by atoms with van der Waals surface area (Å²) in [6.45, 7) is 1.78. The third-order valence-corrected chi connectivity index (χ3v) is 3.68. The maximum absolute atomic E-state index is 13.9. The number of hydrogen-bond donors (Lipinski definition) is 1. The minimum atomic E-state index is -0.562. The van der Waals surface area contributed by atoms with Crippen molar-refractivity contribution in [1.82, 2.24) is 4.90 Å². The molecule has 2 N–H and O–H groups in total. The molecule has 0 radical (unpaired) electrons. The number of nitrogens with two attached hydrogens (primary N) is 1. The zero-order chi connectivity index (χ0) is 14.1. The fraction of sp³-hybridized carbons (Fsp3) is 0.250. The predicted octanol–water partition coefficient (Wildman–Crippen LogP) is 2.98. The summed E-state index contributed by atoms with van der Waals surface area (Å²) in [4.78, 5) is 2.09. The molecule has 2 aromatic rings. The first-order valence-corrected chi connectivity index (χ1v) is 6.63. The van der Waals surface area contributed by atoms with Crippen LogP contribution in [0.4, 0.5) is 8.78 Å². The van der Waals surface area contributed by atoms with E-state index in [9.17, 15) is 8.78 Å². The van der Waals surface area contributed by atoms with E-state index < -0.39 is 11.6 Å². The Hall–Kier alpha value is -1.78. The number of fused-ring (bicyclic) bond motifs is 1. The van der Waals surface area contributed by atoms with Crippen LogP contribution in [0.5, 0.6) is 0 Å². The van der Waals surface area contributed by atoms with E-state index in [0.29, 0.717) is 30.8 Å². The maximum atomic E-state index is 13.9. The van der Waals surface area contributed by atoms with Crippen molar-refractivity contribution in [2.75, 3.05) is 6.54 Å². The van der Waals surface area contributed by atoms with Gasteiger partial charge in [-0.05, 0) is 17.2 Å². The van der Waals surface area contributed by atoms with Crippen LogP contribution in [-0.4, -0.2) is 11.4 Å². The molecular formula is C16H16F2N2. The molecule has 0 aromatic heterocycles. The molecular weight excluding hydrogens is 258 g/mol. The van der Waals surface area contributed by atoms with Gasteiger partial charge in [0.15, 0.2) is 0 Å². The number of halogens is 2. The van der Waals surface area contributed by atoms with E-state index in [0.717, 1.165) is 11.6 Å². The monoisotopic (exact) mass is 274 g/mol. The van der Waals surface area contributed by atoms with Gasteiger partial charge in [-0.3, -0.25) is 4.90 Å². The second-order valence-corrected chi connectivity index (χ2v) is 5.22. The fourth-order valence-electron chi connectivity index (χ4n) is 2.75. The summed E-state index contributed by atoms with van der Waals surface area (Å²) in [7, 11) is 0. The van der Waals surface area contributed by atoms with Crippen molar-refractivity contribution in [3.63, 3.8) is 0 Å². The molecule has 0 aliphatic carbocycles. The highest BCUT2D eigenvalue weighted by molar-refractivity contribution is 5.34. The van der Waals surface area contributed by atoms with E-state index >= 15 is 0 Å². The first-order valence-electron chi connectivity index (χ1n) is 6.63. The Morgan fingerprint density at radius 2 is 1.90 bits per heavy atom. The Balaban J connectivity index is 1.85. The minimum absolute atomic E-state index is 0.354. The van der Waals surface area contributed by atoms with Gasteiger partial charge in [-0.2, -0.15) is 0 Å². The topological polar surface area (TPSA) is 29.3 Å². The van der Waals surface area contributed by atoms with Crippen LogP contribution in [0, 0.1) is 11.6 Å². The van der Waals surface area contributed by atoms with Crippen LogP contribution < -0.4 is 5.73 Å². The summed E-state index contributed by atoms with van der Waals surface area (Å²) in [6, 6.07) is 11.9. The second-order valence-electron chi connectivity index (χ2n) is 5.22. The highest BCUT2D eigenvalue weighted by Crippen LogP contribution is 2.28. The van der Waals surface area contributed by atoms with Crippen LogP contribution >= 0.6 is 0 Å². The van der Waals surface area contributed by atoms with Crippen molar-refractivity contribution in [3.8, 4) is 0 Å². The van der Waals surface area contributed by atoms with E-state index in [1.54, 1.807) is 0 Å². The molecule has 0 spiro atoms. The lowest BCUT2D eigenvalue weighted by atomic mass is 9.95. The average molecular weight is 274 g/mol. The van der Waals surface area contributed by atoms with Gasteiger partial charge in [0.1, 0.15) is 11.6 Å². The second kappa shape index (κ2) is 5.31. The standard InChI is InChI=1S/C16H16F2N2/c17-12-6-13-14(15(18)7-12)9-20(10-16(13)19)8-11-4-2-1-3-5-11/h1-7,16H,8-10,19H2. The number of rotatable bonds is 2. The smallest absolute Gasteiger partial charge is 0.130 e. The Labute approximate surface area is 116 Å². The Morgan fingerprint density at radius 3 is 2.65 bits per heavy atom. The van der Waals surface area contributed by atoms with Gasteiger partial charge in [0.2, 0.25) is 0 Å². The van der Waals surface area contributed by atoms with Crippen LogP contribution in [0.2, 0.25) is 0 Å². The van der Waals surface area contributed by atoms with Crippen LogP contribution in [0.3, 0.4) is 0 Å². The largest absolute Gasteiger partial charge is 0.323 e. The zero-order valence-electron chi connectivity index (χ0n) is 11.0. The first-order chi connectivity index (χ1) is 9.63. The summed E-state index contributed by atoms with van der Waals surface area (Å²) >= 11 is 0. The highest BCUT2D eigenvalue weighted by atomic mass is 19.1. The van der Waals surface area contributed by atoms with E-state index in [1.165, 1.54) is 6.07 Å². The highest BCUT2D eigenvalue weighted by Gasteiger charge is 2.25. The summed E-state index contributed by atoms with van der Waals surface area (Å²) in [5.74, 6) is -1.07. The normalized spacial score (nSPS) is 18.9. The average Bonchev–Trinajstić information content (AvgIpc) is 2.41. The molecule has 1 heterocycles. The van der Waals surface area contributed by atoms with Gasteiger partial charge in [0, 0.05) is 37.3 Å². The van der Waals surface area contributed by atoms with Gasteiger partial charge < -0.3 is 5.73 Å². The summed E-state index contributed by atoms with van der Waals surface area (Å²) in [5.41, 5.74) is 8.32. The summed E-state index contributed by atoms with van der Waals surface area (Å²) in [5, 5.41) is 0. The van der Waals surface area contributed by atoms with Crippen molar-refractivity contribution >= 4 is 0 Å². The van der Waals surface area contributed by atoms with Crippen LogP contribution in [0.1, 0.15) is 22.7 Å². The van der Waals surface area contributed by atoms with E-state index in [1.807, 2.05) is 30.3 Å². The van der Waals surface area contributed by atoms with E-state index in [2.05, 4.69) is 4.90 Å². The van der Waals surface area contributed by atoms with E-state index in [-0.39, 0.29) is 6.04 Å². The maximum Gasteiger partial charge on any atom is 0.130 e. The van der Waals surface area contributed by atoms with Gasteiger partial charge >= 0.3 is 0 Å². The fourth-order valence-corrected chi connectivity index (χ4v) is 2.75. The van der Waals surface area contributed by atoms with Crippen molar-refractivity contribution in [2.24, 2.45) is 5.73 Å². The molecule has 2 aromatic carbocycles. The number of nitrogens with zero attached hydrogens (tertiary/aromatic N) is 1. The molecule has 1 atom stereocenters. The summed E-state index contributed by atoms with van der Waals surface area (Å²) < 4.78 is 27.2. The number of benzene rings is 2. The molecule has 4 heteroatoms. The molecule has 0 saturated heterocycles. The molecule has 0 amide bonds. The summed E-state index contributed by atoms with van der Waals surface area (Å²) in [6.07, 6.45) is 0. The molecule has 20 heavy (non-hydrogen) atoms. The third kappa shape index (κ3) is 2.57. The molecule has 0 fully saturated rings. The van der Waals surface area contributed by atoms with Crippen LogP contribution in [-0.2, 0) is 13.1 Å². The zero-order valence-corrected chi connectivity index (χ0v) is 11.0. The Kier molecular flexibility index (Phi) is 3.51.